The monoisotopic (exact) mass is 331 g/mol. The fourth-order valence-corrected chi connectivity index (χ4v) is 2.51. The van der Waals surface area contributed by atoms with Crippen molar-refractivity contribution in [2.45, 2.75) is 0 Å². The molecule has 0 spiro atoms. The molecule has 0 saturated carbocycles. The number of hydrogen-bond donors (Lipinski definition) is 1. The largest absolute Gasteiger partial charge is 0.283 e. The van der Waals surface area contributed by atoms with Gasteiger partial charge in [0.1, 0.15) is 11.7 Å². The van der Waals surface area contributed by atoms with Crippen LogP contribution >= 0.6 is 0 Å². The first kappa shape index (κ1) is 14.8. The predicted octanol–water partition coefficient (Wildman–Crippen LogP) is 1.97. The maximum absolute atomic E-state index is 12.6. The molecule has 2 aromatic carbocycles. The molecule has 0 aliphatic rings. The second-order valence-corrected chi connectivity index (χ2v) is 5.36. The standard InChI is InChI=1S/C18H13N5O2/c24-17(13-7-3-1-4-8-13)21-22-12-19-16-15(18(22)25)11-20-23(16)14-9-5-2-6-10-14/h1-12H,(H,21,24). The zero-order valence-corrected chi connectivity index (χ0v) is 13.0. The summed E-state index contributed by atoms with van der Waals surface area (Å²) in [6, 6.07) is 18.1. The molecule has 0 saturated heterocycles. The molecule has 122 valence electrons. The summed E-state index contributed by atoms with van der Waals surface area (Å²) in [7, 11) is 0. The molecule has 0 aliphatic carbocycles. The molecule has 7 heteroatoms. The van der Waals surface area contributed by atoms with Crippen molar-refractivity contribution in [3.8, 4) is 5.69 Å². The lowest BCUT2D eigenvalue weighted by Crippen LogP contribution is -2.33. The summed E-state index contributed by atoms with van der Waals surface area (Å²) in [5.41, 5.74) is 3.83. The lowest BCUT2D eigenvalue weighted by molar-refractivity contribution is 0.101. The highest BCUT2D eigenvalue weighted by atomic mass is 16.2. The van der Waals surface area contributed by atoms with E-state index in [1.54, 1.807) is 28.9 Å². The van der Waals surface area contributed by atoms with Crippen molar-refractivity contribution in [3.05, 3.63) is 89.1 Å². The number of hydrogen-bond acceptors (Lipinski definition) is 4. The highest BCUT2D eigenvalue weighted by molar-refractivity contribution is 5.99. The van der Waals surface area contributed by atoms with E-state index in [2.05, 4.69) is 15.5 Å². The van der Waals surface area contributed by atoms with Gasteiger partial charge < -0.3 is 0 Å². The van der Waals surface area contributed by atoms with E-state index in [4.69, 9.17) is 0 Å². The molecule has 25 heavy (non-hydrogen) atoms. The Labute approximate surface area is 142 Å². The van der Waals surface area contributed by atoms with Crippen LogP contribution in [0.3, 0.4) is 0 Å². The Morgan fingerprint density at radius 3 is 2.36 bits per heavy atom. The van der Waals surface area contributed by atoms with Gasteiger partial charge in [0, 0.05) is 5.56 Å². The van der Waals surface area contributed by atoms with E-state index in [-0.39, 0.29) is 5.91 Å². The number of nitrogens with zero attached hydrogens (tertiary/aromatic N) is 4. The van der Waals surface area contributed by atoms with Gasteiger partial charge in [-0.1, -0.05) is 36.4 Å². The van der Waals surface area contributed by atoms with Gasteiger partial charge in [-0.3, -0.25) is 15.0 Å². The third kappa shape index (κ3) is 2.67. The topological polar surface area (TPSA) is 81.8 Å². The molecule has 4 aromatic rings. The first-order chi connectivity index (χ1) is 12.2. The molecule has 2 aromatic heterocycles. The zero-order valence-electron chi connectivity index (χ0n) is 13.0. The molecule has 0 bridgehead atoms. The summed E-state index contributed by atoms with van der Waals surface area (Å²) < 4.78 is 2.65. The Hall–Kier alpha value is -3.74. The van der Waals surface area contributed by atoms with E-state index in [1.165, 1.54) is 12.5 Å². The average molecular weight is 331 g/mol. The number of rotatable bonds is 3. The fraction of sp³-hybridized carbons (Fsp3) is 0. The smallest absolute Gasteiger partial charge is 0.267 e. The summed E-state index contributed by atoms with van der Waals surface area (Å²) in [6.07, 6.45) is 2.73. The van der Waals surface area contributed by atoms with Crippen LogP contribution in [0.15, 0.2) is 78.0 Å². The third-order valence-corrected chi connectivity index (χ3v) is 3.75. The number of carbonyl (C=O) groups excluding carboxylic acids is 1. The molecule has 1 N–H and O–H groups in total. The Kier molecular flexibility index (Phi) is 3.59. The van der Waals surface area contributed by atoms with E-state index < -0.39 is 5.56 Å². The Morgan fingerprint density at radius 2 is 1.64 bits per heavy atom. The van der Waals surface area contributed by atoms with E-state index in [0.29, 0.717) is 16.6 Å². The molecule has 7 nitrogen and oxygen atoms in total. The van der Waals surface area contributed by atoms with Crippen molar-refractivity contribution < 1.29 is 4.79 Å². The minimum Gasteiger partial charge on any atom is -0.267 e. The summed E-state index contributed by atoms with van der Waals surface area (Å²) in [5.74, 6) is -0.390. The van der Waals surface area contributed by atoms with Crippen LogP contribution in [0.5, 0.6) is 0 Å². The van der Waals surface area contributed by atoms with Gasteiger partial charge in [-0.05, 0) is 24.3 Å². The van der Waals surface area contributed by atoms with Crippen LogP contribution in [-0.4, -0.2) is 25.3 Å². The van der Waals surface area contributed by atoms with Gasteiger partial charge in [0.05, 0.1) is 11.9 Å². The van der Waals surface area contributed by atoms with Crippen molar-refractivity contribution in [1.29, 1.82) is 0 Å². The van der Waals surface area contributed by atoms with Gasteiger partial charge in [-0.15, -0.1) is 0 Å². The Balaban J connectivity index is 1.72. The lowest BCUT2D eigenvalue weighted by atomic mass is 10.2. The molecular formula is C18H13N5O2. The van der Waals surface area contributed by atoms with Gasteiger partial charge in [-0.2, -0.15) is 5.10 Å². The predicted molar refractivity (Wildman–Crippen MR) is 93.3 cm³/mol. The number of benzene rings is 2. The van der Waals surface area contributed by atoms with Crippen molar-refractivity contribution in [2.75, 3.05) is 5.43 Å². The van der Waals surface area contributed by atoms with Gasteiger partial charge in [-0.25, -0.2) is 14.3 Å². The van der Waals surface area contributed by atoms with Gasteiger partial charge >= 0.3 is 0 Å². The molecule has 2 heterocycles. The summed E-state index contributed by atoms with van der Waals surface area (Å²) >= 11 is 0. The minimum absolute atomic E-state index is 0.319. The molecule has 0 radical (unpaired) electrons. The van der Waals surface area contributed by atoms with E-state index >= 15 is 0 Å². The number of para-hydroxylation sites is 1. The molecule has 1 amide bonds. The van der Waals surface area contributed by atoms with E-state index in [0.717, 1.165) is 10.4 Å². The Morgan fingerprint density at radius 1 is 0.960 bits per heavy atom. The first-order valence-electron chi connectivity index (χ1n) is 7.61. The number of fused-ring (bicyclic) bond motifs is 1. The fourth-order valence-electron chi connectivity index (χ4n) is 2.51. The van der Waals surface area contributed by atoms with Crippen molar-refractivity contribution >= 4 is 16.9 Å². The van der Waals surface area contributed by atoms with Crippen LogP contribution in [-0.2, 0) is 0 Å². The third-order valence-electron chi connectivity index (χ3n) is 3.75. The lowest BCUT2D eigenvalue weighted by Gasteiger charge is -2.08. The number of amides is 1. The number of nitrogens with one attached hydrogen (secondary N) is 1. The first-order valence-corrected chi connectivity index (χ1v) is 7.61. The molecule has 0 fully saturated rings. The SMILES string of the molecule is O=C(Nn1cnc2c(cnn2-c2ccccc2)c1=O)c1ccccc1. The van der Waals surface area contributed by atoms with Gasteiger partial charge in [0.25, 0.3) is 11.5 Å². The number of aromatic nitrogens is 4. The van der Waals surface area contributed by atoms with E-state index in [9.17, 15) is 9.59 Å². The molecule has 4 rings (SSSR count). The van der Waals surface area contributed by atoms with Crippen LogP contribution in [0.2, 0.25) is 0 Å². The molecule has 0 atom stereocenters. The summed E-state index contributed by atoms with van der Waals surface area (Å²) in [4.78, 5) is 29.1. The van der Waals surface area contributed by atoms with Crippen LogP contribution in [0, 0.1) is 0 Å². The van der Waals surface area contributed by atoms with Crippen molar-refractivity contribution in [3.63, 3.8) is 0 Å². The van der Waals surface area contributed by atoms with Gasteiger partial charge in [0.2, 0.25) is 0 Å². The molecule has 0 unspecified atom stereocenters. The van der Waals surface area contributed by atoms with Crippen molar-refractivity contribution in [1.82, 2.24) is 19.4 Å². The van der Waals surface area contributed by atoms with Crippen LogP contribution in [0.25, 0.3) is 16.7 Å². The maximum atomic E-state index is 12.6. The molecule has 0 aliphatic heterocycles. The highest BCUT2D eigenvalue weighted by Crippen LogP contribution is 2.12. The number of carbonyl (C=O) groups is 1. The minimum atomic E-state index is -0.392. The molecular weight excluding hydrogens is 318 g/mol. The quantitative estimate of drug-likeness (QED) is 0.622. The van der Waals surface area contributed by atoms with Gasteiger partial charge in [0.15, 0.2) is 5.65 Å². The second kappa shape index (κ2) is 6.04. The van der Waals surface area contributed by atoms with E-state index in [1.807, 2.05) is 36.4 Å². The van der Waals surface area contributed by atoms with Crippen molar-refractivity contribution in [2.24, 2.45) is 0 Å². The normalized spacial score (nSPS) is 10.7. The average Bonchev–Trinajstić information content (AvgIpc) is 3.10. The van der Waals surface area contributed by atoms with Crippen LogP contribution in [0.4, 0.5) is 0 Å². The summed E-state index contributed by atoms with van der Waals surface area (Å²) in [6.45, 7) is 0. The van der Waals surface area contributed by atoms with Crippen LogP contribution < -0.4 is 11.0 Å². The Bertz CT molecular complexity index is 1100. The maximum Gasteiger partial charge on any atom is 0.283 e. The second-order valence-electron chi connectivity index (χ2n) is 5.36. The highest BCUT2D eigenvalue weighted by Gasteiger charge is 2.13. The zero-order chi connectivity index (χ0) is 17.2. The van der Waals surface area contributed by atoms with Crippen LogP contribution in [0.1, 0.15) is 10.4 Å². The summed E-state index contributed by atoms with van der Waals surface area (Å²) in [5, 5.41) is 4.55.